The second-order valence-electron chi connectivity index (χ2n) is 4.90. The van der Waals surface area contributed by atoms with E-state index in [9.17, 15) is 9.59 Å². The fraction of sp³-hybridized carbons (Fsp3) is 0.818. The van der Waals surface area contributed by atoms with Crippen LogP contribution in [0.2, 0.25) is 0 Å². The van der Waals surface area contributed by atoms with E-state index in [1.807, 2.05) is 0 Å². The van der Waals surface area contributed by atoms with Gasteiger partial charge in [-0.05, 0) is 19.3 Å². The molecular formula is C11H21N3O3S. The lowest BCUT2D eigenvalue weighted by Gasteiger charge is -2.38. The number of hydrogen-bond donors (Lipinski definition) is 3. The number of piperidine rings is 1. The van der Waals surface area contributed by atoms with E-state index in [1.165, 1.54) is 0 Å². The molecule has 0 saturated carbocycles. The highest BCUT2D eigenvalue weighted by Crippen LogP contribution is 2.37. The number of likely N-dealkylation sites (tertiary alicyclic amines) is 1. The third-order valence-corrected chi connectivity index (χ3v) is 3.92. The van der Waals surface area contributed by atoms with Gasteiger partial charge in [0.05, 0.1) is 12.0 Å². The number of nitrogens with two attached hydrogens (primary N) is 1. The summed E-state index contributed by atoms with van der Waals surface area (Å²) in [4.78, 5) is 25.1. The van der Waals surface area contributed by atoms with Gasteiger partial charge in [0.2, 0.25) is 11.8 Å². The zero-order valence-corrected chi connectivity index (χ0v) is 11.3. The fourth-order valence-corrected chi connectivity index (χ4v) is 2.66. The molecule has 0 bridgehead atoms. The lowest BCUT2D eigenvalue weighted by molar-refractivity contribution is -0.139. The van der Waals surface area contributed by atoms with E-state index < -0.39 is 6.04 Å². The Morgan fingerprint density at radius 2 is 2.06 bits per heavy atom. The quantitative estimate of drug-likeness (QED) is 0.574. The minimum Gasteiger partial charge on any atom is -0.394 e. The molecular weight excluding hydrogens is 254 g/mol. The Balaban J connectivity index is 0.00000162. The van der Waals surface area contributed by atoms with E-state index in [-0.39, 0.29) is 37.3 Å². The first-order valence-corrected chi connectivity index (χ1v) is 6.03. The molecule has 2 heterocycles. The molecule has 7 heteroatoms. The van der Waals surface area contributed by atoms with Crippen LogP contribution >= 0.6 is 13.5 Å². The Morgan fingerprint density at radius 3 is 2.50 bits per heavy atom. The average Bonchev–Trinajstić information content (AvgIpc) is 2.70. The third-order valence-electron chi connectivity index (χ3n) is 3.92. The lowest BCUT2D eigenvalue weighted by Crippen LogP contribution is -2.51. The lowest BCUT2D eigenvalue weighted by atomic mass is 9.77. The summed E-state index contributed by atoms with van der Waals surface area (Å²) < 4.78 is 0. The van der Waals surface area contributed by atoms with E-state index in [0.717, 1.165) is 13.0 Å². The smallest absolute Gasteiger partial charge is 0.241 e. The summed E-state index contributed by atoms with van der Waals surface area (Å²) in [5.41, 5.74) is 5.24. The molecule has 2 aliphatic rings. The van der Waals surface area contributed by atoms with E-state index in [4.69, 9.17) is 10.8 Å². The van der Waals surface area contributed by atoms with Crippen molar-refractivity contribution in [3.63, 3.8) is 0 Å². The monoisotopic (exact) mass is 275 g/mol. The molecule has 0 unspecified atom stereocenters. The van der Waals surface area contributed by atoms with E-state index >= 15 is 0 Å². The summed E-state index contributed by atoms with van der Waals surface area (Å²) in [6.07, 6.45) is 2.26. The number of carbonyl (C=O) groups excluding carboxylic acids is 2. The van der Waals surface area contributed by atoms with E-state index in [1.54, 1.807) is 4.90 Å². The zero-order valence-electron chi connectivity index (χ0n) is 10.3. The molecule has 2 saturated heterocycles. The highest BCUT2D eigenvalue weighted by atomic mass is 32.1. The van der Waals surface area contributed by atoms with Gasteiger partial charge in [0.25, 0.3) is 0 Å². The van der Waals surface area contributed by atoms with Gasteiger partial charge in [-0.2, -0.15) is 13.5 Å². The number of nitrogens with zero attached hydrogens (tertiary/aromatic N) is 1. The second-order valence-corrected chi connectivity index (χ2v) is 4.90. The van der Waals surface area contributed by atoms with Crippen molar-refractivity contribution >= 4 is 25.3 Å². The van der Waals surface area contributed by atoms with Crippen LogP contribution in [-0.4, -0.2) is 54.1 Å². The summed E-state index contributed by atoms with van der Waals surface area (Å²) in [5, 5.41) is 11.7. The van der Waals surface area contributed by atoms with Crippen molar-refractivity contribution in [3.8, 4) is 0 Å². The predicted molar refractivity (Wildman–Crippen MR) is 71.3 cm³/mol. The highest BCUT2D eigenvalue weighted by Gasteiger charge is 2.45. The number of aliphatic hydroxyl groups excluding tert-OH is 1. The predicted octanol–water partition coefficient (Wildman–Crippen LogP) is -1.45. The van der Waals surface area contributed by atoms with Crippen LogP contribution in [0, 0.1) is 5.41 Å². The van der Waals surface area contributed by atoms with Gasteiger partial charge >= 0.3 is 0 Å². The Morgan fingerprint density at radius 1 is 1.44 bits per heavy atom. The minimum atomic E-state index is -0.832. The first-order chi connectivity index (χ1) is 8.09. The van der Waals surface area contributed by atoms with Crippen LogP contribution in [0.25, 0.3) is 0 Å². The number of nitrogens with one attached hydrogen (secondary N) is 1. The van der Waals surface area contributed by atoms with Gasteiger partial charge in [-0.15, -0.1) is 0 Å². The van der Waals surface area contributed by atoms with Crippen molar-refractivity contribution in [3.05, 3.63) is 0 Å². The van der Waals surface area contributed by atoms with Crippen molar-refractivity contribution in [1.29, 1.82) is 0 Å². The fourth-order valence-electron chi connectivity index (χ4n) is 2.66. The van der Waals surface area contributed by atoms with Gasteiger partial charge in [0, 0.05) is 19.6 Å². The molecule has 104 valence electrons. The number of carbonyl (C=O) groups is 2. The van der Waals surface area contributed by atoms with Crippen molar-refractivity contribution in [2.24, 2.45) is 11.1 Å². The maximum Gasteiger partial charge on any atom is 0.241 e. The van der Waals surface area contributed by atoms with E-state index in [0.29, 0.717) is 25.9 Å². The standard InChI is InChI=1S/C11H19N3O3.H2S/c12-8(7-15)9(16)14-5-2-11(3-6-14)1-4-13-10(11)17;/h8,15H,1-7,12H2,(H,13,17);1H2/t8-;/m0./s1. The molecule has 2 aliphatic heterocycles. The first kappa shape index (κ1) is 15.3. The molecule has 2 amide bonds. The van der Waals surface area contributed by atoms with Gasteiger partial charge in [0.1, 0.15) is 6.04 Å². The van der Waals surface area contributed by atoms with Crippen LogP contribution in [-0.2, 0) is 9.59 Å². The molecule has 2 rings (SSSR count). The van der Waals surface area contributed by atoms with E-state index in [2.05, 4.69) is 5.32 Å². The molecule has 0 radical (unpaired) electrons. The van der Waals surface area contributed by atoms with Crippen LogP contribution in [0.3, 0.4) is 0 Å². The molecule has 0 aromatic rings. The zero-order chi connectivity index (χ0) is 12.5. The number of rotatable bonds is 2. The Labute approximate surface area is 113 Å². The summed E-state index contributed by atoms with van der Waals surface area (Å²) in [6, 6.07) is -0.832. The Kier molecular flexibility index (Phi) is 5.01. The summed E-state index contributed by atoms with van der Waals surface area (Å²) >= 11 is 0. The Bertz CT molecular complexity index is 329. The first-order valence-electron chi connectivity index (χ1n) is 6.03. The molecule has 1 spiro atoms. The van der Waals surface area contributed by atoms with Crippen LogP contribution in [0.1, 0.15) is 19.3 Å². The van der Waals surface area contributed by atoms with Crippen molar-refractivity contribution in [2.45, 2.75) is 25.3 Å². The van der Waals surface area contributed by atoms with Crippen LogP contribution < -0.4 is 11.1 Å². The van der Waals surface area contributed by atoms with Gasteiger partial charge in [-0.25, -0.2) is 0 Å². The second kappa shape index (κ2) is 5.90. The topological polar surface area (TPSA) is 95.7 Å². The summed E-state index contributed by atoms with van der Waals surface area (Å²) in [6.45, 7) is 1.52. The van der Waals surface area contributed by atoms with Crippen molar-refractivity contribution in [1.82, 2.24) is 10.2 Å². The maximum absolute atomic E-state index is 11.8. The summed E-state index contributed by atoms with van der Waals surface area (Å²) in [5.74, 6) is -0.100. The molecule has 6 nitrogen and oxygen atoms in total. The minimum absolute atomic E-state index is 0. The molecule has 4 N–H and O–H groups in total. The average molecular weight is 275 g/mol. The Hall–Kier alpha value is -0.790. The highest BCUT2D eigenvalue weighted by molar-refractivity contribution is 7.59. The van der Waals surface area contributed by atoms with Crippen LogP contribution in [0.15, 0.2) is 0 Å². The van der Waals surface area contributed by atoms with Crippen molar-refractivity contribution < 1.29 is 14.7 Å². The molecule has 0 aromatic heterocycles. The van der Waals surface area contributed by atoms with Crippen LogP contribution in [0.4, 0.5) is 0 Å². The molecule has 0 aromatic carbocycles. The molecule has 2 fully saturated rings. The summed E-state index contributed by atoms with van der Waals surface area (Å²) in [7, 11) is 0. The largest absolute Gasteiger partial charge is 0.394 e. The maximum atomic E-state index is 11.8. The normalized spacial score (nSPS) is 23.4. The SMILES string of the molecule is N[C@@H](CO)C(=O)N1CCC2(CCNC2=O)CC1.S. The number of hydrogen-bond acceptors (Lipinski definition) is 4. The van der Waals surface area contributed by atoms with Crippen LogP contribution in [0.5, 0.6) is 0 Å². The molecule has 0 aliphatic carbocycles. The third kappa shape index (κ3) is 2.62. The van der Waals surface area contributed by atoms with Gasteiger partial charge in [-0.1, -0.05) is 0 Å². The number of aliphatic hydroxyl groups is 1. The van der Waals surface area contributed by atoms with Gasteiger partial charge < -0.3 is 21.1 Å². The number of amides is 2. The molecule has 18 heavy (non-hydrogen) atoms. The molecule has 1 atom stereocenters. The van der Waals surface area contributed by atoms with Crippen molar-refractivity contribution in [2.75, 3.05) is 26.2 Å². The van der Waals surface area contributed by atoms with Gasteiger partial charge in [-0.3, -0.25) is 9.59 Å². The van der Waals surface area contributed by atoms with Gasteiger partial charge in [0.15, 0.2) is 0 Å².